The molecule has 1 saturated heterocycles. The monoisotopic (exact) mass is 443 g/mol. The van der Waals surface area contributed by atoms with Gasteiger partial charge >= 0.3 is 0 Å². The number of pyridine rings is 1. The molecule has 7 heteroatoms. The molecule has 0 radical (unpaired) electrons. The van der Waals surface area contributed by atoms with Gasteiger partial charge in [-0.3, -0.25) is 4.98 Å². The molecular weight excluding hydrogens is 417 g/mol. The summed E-state index contributed by atoms with van der Waals surface area (Å²) in [7, 11) is 0. The van der Waals surface area contributed by atoms with Gasteiger partial charge < -0.3 is 15.0 Å². The van der Waals surface area contributed by atoms with Gasteiger partial charge in [-0.25, -0.2) is 14.4 Å². The van der Waals surface area contributed by atoms with Crippen LogP contribution in [0.4, 0.5) is 10.1 Å². The van der Waals surface area contributed by atoms with Crippen LogP contribution in [0.2, 0.25) is 0 Å². The van der Waals surface area contributed by atoms with Crippen LogP contribution < -0.4 is 10.2 Å². The molecule has 1 aliphatic heterocycles. The largest absolute Gasteiger partial charge is 0.382 e. The lowest BCUT2D eigenvalue weighted by Crippen LogP contribution is -2.36. The van der Waals surface area contributed by atoms with Crippen molar-refractivity contribution < 1.29 is 9.13 Å². The van der Waals surface area contributed by atoms with Crippen molar-refractivity contribution in [3.63, 3.8) is 0 Å². The van der Waals surface area contributed by atoms with Crippen molar-refractivity contribution in [3.8, 4) is 0 Å². The summed E-state index contributed by atoms with van der Waals surface area (Å²) in [5.74, 6) is 0.342. The fraction of sp³-hybridized carbons (Fsp3) is 0.269. The van der Waals surface area contributed by atoms with Gasteiger partial charge in [0, 0.05) is 49.6 Å². The number of aromatic nitrogens is 3. The SMILES string of the molecule is C=C(NCCc1ccc(F)cc1)c1ncc(C2=CCc3ncc(N4CCOCC4)cc32)cn1. The Labute approximate surface area is 192 Å². The van der Waals surface area contributed by atoms with Crippen molar-refractivity contribution in [2.45, 2.75) is 12.8 Å². The van der Waals surface area contributed by atoms with Crippen molar-refractivity contribution in [1.29, 1.82) is 0 Å². The highest BCUT2D eigenvalue weighted by Crippen LogP contribution is 2.33. The number of allylic oxidation sites excluding steroid dienone is 1. The Bertz CT molecular complexity index is 1170. The summed E-state index contributed by atoms with van der Waals surface area (Å²) in [6.07, 6.45) is 9.42. The number of nitrogens with one attached hydrogen (secondary N) is 1. The molecule has 0 bridgehead atoms. The molecule has 168 valence electrons. The zero-order valence-corrected chi connectivity index (χ0v) is 18.4. The molecular formula is C26H26FN5O. The highest BCUT2D eigenvalue weighted by atomic mass is 19.1. The molecule has 3 aromatic rings. The highest BCUT2D eigenvalue weighted by molar-refractivity contribution is 5.84. The second-order valence-corrected chi connectivity index (χ2v) is 8.19. The average Bonchev–Trinajstić information content (AvgIpc) is 3.29. The fourth-order valence-electron chi connectivity index (χ4n) is 4.17. The third-order valence-corrected chi connectivity index (χ3v) is 6.02. The average molecular weight is 444 g/mol. The molecule has 0 unspecified atom stereocenters. The predicted molar refractivity (Wildman–Crippen MR) is 127 cm³/mol. The summed E-state index contributed by atoms with van der Waals surface area (Å²) in [4.78, 5) is 16.1. The van der Waals surface area contributed by atoms with Crippen LogP contribution in [0.25, 0.3) is 11.3 Å². The first kappa shape index (κ1) is 21.3. The first-order chi connectivity index (χ1) is 16.2. The zero-order chi connectivity index (χ0) is 22.6. The van der Waals surface area contributed by atoms with Crippen LogP contribution in [0.1, 0.15) is 28.2 Å². The maximum Gasteiger partial charge on any atom is 0.174 e. The summed E-state index contributed by atoms with van der Waals surface area (Å²) < 4.78 is 18.5. The Morgan fingerprint density at radius 1 is 1.06 bits per heavy atom. The molecule has 0 atom stereocenters. The van der Waals surface area contributed by atoms with Crippen LogP contribution in [0.15, 0.2) is 61.6 Å². The number of nitrogens with zero attached hydrogens (tertiary/aromatic N) is 4. The third kappa shape index (κ3) is 4.78. The number of benzene rings is 1. The predicted octanol–water partition coefficient (Wildman–Crippen LogP) is 3.64. The molecule has 1 aliphatic carbocycles. The standard InChI is InChI=1S/C26H26FN5O/c1-18(28-9-8-19-2-4-21(27)5-3-19)26-30-15-20(16-31-26)23-6-7-25-24(23)14-22(17-29-25)32-10-12-33-13-11-32/h2-6,14-17,28H,1,7-13H2. The van der Waals surface area contributed by atoms with E-state index in [1.807, 2.05) is 18.6 Å². The van der Waals surface area contributed by atoms with E-state index in [1.165, 1.54) is 12.1 Å². The van der Waals surface area contributed by atoms with Gasteiger partial charge in [0.25, 0.3) is 0 Å². The van der Waals surface area contributed by atoms with E-state index < -0.39 is 0 Å². The van der Waals surface area contributed by atoms with E-state index >= 15 is 0 Å². The maximum absolute atomic E-state index is 13.0. The Hall–Kier alpha value is -3.58. The van der Waals surface area contributed by atoms with Crippen LogP contribution in [-0.2, 0) is 17.6 Å². The fourth-order valence-corrected chi connectivity index (χ4v) is 4.17. The quantitative estimate of drug-likeness (QED) is 0.602. The van der Waals surface area contributed by atoms with E-state index in [1.54, 1.807) is 12.1 Å². The van der Waals surface area contributed by atoms with Crippen LogP contribution in [0.5, 0.6) is 0 Å². The van der Waals surface area contributed by atoms with E-state index in [2.05, 4.69) is 38.9 Å². The summed E-state index contributed by atoms with van der Waals surface area (Å²) in [6, 6.07) is 8.74. The molecule has 0 spiro atoms. The maximum atomic E-state index is 13.0. The molecule has 0 saturated carbocycles. The van der Waals surface area contributed by atoms with Crippen LogP contribution in [0.3, 0.4) is 0 Å². The number of hydrogen-bond donors (Lipinski definition) is 1. The molecule has 6 nitrogen and oxygen atoms in total. The molecule has 3 heterocycles. The van der Waals surface area contributed by atoms with Crippen LogP contribution in [-0.4, -0.2) is 47.8 Å². The summed E-state index contributed by atoms with van der Waals surface area (Å²) >= 11 is 0. The normalized spacial score (nSPS) is 15.2. The number of anilines is 1. The summed E-state index contributed by atoms with van der Waals surface area (Å²) in [5, 5.41) is 3.26. The van der Waals surface area contributed by atoms with Gasteiger partial charge in [0.2, 0.25) is 0 Å². The van der Waals surface area contributed by atoms with E-state index in [0.29, 0.717) is 18.1 Å². The second kappa shape index (κ2) is 9.50. The molecule has 1 fully saturated rings. The summed E-state index contributed by atoms with van der Waals surface area (Å²) in [5.41, 5.74) is 7.17. The second-order valence-electron chi connectivity index (χ2n) is 8.19. The van der Waals surface area contributed by atoms with E-state index in [-0.39, 0.29) is 5.82 Å². The topological polar surface area (TPSA) is 63.2 Å². The molecule has 0 amide bonds. The minimum atomic E-state index is -0.224. The minimum Gasteiger partial charge on any atom is -0.382 e. The van der Waals surface area contributed by atoms with Gasteiger partial charge in [-0.1, -0.05) is 24.8 Å². The molecule has 1 N–H and O–H groups in total. The van der Waals surface area contributed by atoms with Crippen LogP contribution in [0, 0.1) is 5.82 Å². The van der Waals surface area contributed by atoms with Gasteiger partial charge in [-0.05, 0) is 35.8 Å². The molecule has 2 aromatic heterocycles. The highest BCUT2D eigenvalue weighted by Gasteiger charge is 2.20. The number of ether oxygens (including phenoxy) is 1. The molecule has 33 heavy (non-hydrogen) atoms. The summed E-state index contributed by atoms with van der Waals surface area (Å²) in [6.45, 7) is 7.99. The third-order valence-electron chi connectivity index (χ3n) is 6.02. The number of hydrogen-bond acceptors (Lipinski definition) is 6. The zero-order valence-electron chi connectivity index (χ0n) is 18.4. The molecule has 5 rings (SSSR count). The molecule has 1 aromatic carbocycles. The molecule has 2 aliphatic rings. The smallest absolute Gasteiger partial charge is 0.174 e. The van der Waals surface area contributed by atoms with E-state index in [0.717, 1.165) is 72.8 Å². The van der Waals surface area contributed by atoms with Gasteiger partial charge in [-0.15, -0.1) is 0 Å². The number of halogens is 1. The van der Waals surface area contributed by atoms with Crippen molar-refractivity contribution >= 4 is 17.0 Å². The van der Waals surface area contributed by atoms with Crippen molar-refractivity contribution in [2.24, 2.45) is 0 Å². The number of morpholine rings is 1. The van der Waals surface area contributed by atoms with Crippen molar-refractivity contribution in [3.05, 3.63) is 95.6 Å². The lowest BCUT2D eigenvalue weighted by Gasteiger charge is -2.29. The van der Waals surface area contributed by atoms with Crippen molar-refractivity contribution in [1.82, 2.24) is 20.3 Å². The number of rotatable bonds is 7. The van der Waals surface area contributed by atoms with Gasteiger partial charge in [-0.2, -0.15) is 0 Å². The lowest BCUT2D eigenvalue weighted by molar-refractivity contribution is 0.122. The van der Waals surface area contributed by atoms with Crippen LogP contribution >= 0.6 is 0 Å². The lowest BCUT2D eigenvalue weighted by atomic mass is 10.0. The Morgan fingerprint density at radius 2 is 1.82 bits per heavy atom. The van der Waals surface area contributed by atoms with Gasteiger partial charge in [0.05, 0.1) is 36.5 Å². The van der Waals surface area contributed by atoms with Crippen molar-refractivity contribution in [2.75, 3.05) is 37.7 Å². The van der Waals surface area contributed by atoms with Gasteiger partial charge in [0.1, 0.15) is 5.82 Å². The van der Waals surface area contributed by atoms with E-state index in [9.17, 15) is 4.39 Å². The Kier molecular flexibility index (Phi) is 6.13. The minimum absolute atomic E-state index is 0.224. The Balaban J connectivity index is 1.24. The first-order valence-corrected chi connectivity index (χ1v) is 11.2. The Morgan fingerprint density at radius 3 is 2.58 bits per heavy atom. The van der Waals surface area contributed by atoms with Gasteiger partial charge in [0.15, 0.2) is 5.82 Å². The first-order valence-electron chi connectivity index (χ1n) is 11.2. The van der Waals surface area contributed by atoms with E-state index in [4.69, 9.17) is 9.72 Å². The number of fused-ring (bicyclic) bond motifs is 1.